The van der Waals surface area contributed by atoms with Crippen LogP contribution >= 0.6 is 0 Å². The molecule has 0 bridgehead atoms. The third kappa shape index (κ3) is 10.8. The molecule has 2 rings (SSSR count). The van der Waals surface area contributed by atoms with E-state index >= 15 is 0 Å². The Bertz CT molecular complexity index is 1150. The zero-order valence-corrected chi connectivity index (χ0v) is 29.9. The molecule has 0 fully saturated rings. The second-order valence-corrected chi connectivity index (χ2v) is 18.6. The lowest BCUT2D eigenvalue weighted by atomic mass is 9.84. The number of carbonyl (C=O) groups is 1. The fraction of sp³-hybridized carbons (Fsp3) is 0.629. The number of esters is 1. The second kappa shape index (κ2) is 15.6. The Balaban J connectivity index is 2.29. The van der Waals surface area contributed by atoms with Crippen molar-refractivity contribution in [1.82, 2.24) is 0 Å². The largest absolute Gasteiger partial charge is 0.497 e. The minimum atomic E-state index is -2.26. The highest BCUT2D eigenvalue weighted by atomic mass is 28.4. The van der Waals surface area contributed by atoms with Gasteiger partial charge in [-0.1, -0.05) is 58.9 Å². The molecule has 1 aromatic carbocycles. The van der Waals surface area contributed by atoms with Crippen LogP contribution in [-0.2, 0) is 23.4 Å². The lowest BCUT2D eigenvalue weighted by molar-refractivity contribution is -0.207. The Morgan fingerprint density at radius 1 is 1.07 bits per heavy atom. The van der Waals surface area contributed by atoms with Gasteiger partial charge in [-0.2, -0.15) is 0 Å². The predicted molar refractivity (Wildman–Crippen MR) is 177 cm³/mol. The molecular weight excluding hydrogens is 576 g/mol. The van der Waals surface area contributed by atoms with Crippen molar-refractivity contribution in [2.75, 3.05) is 14.2 Å². The maximum atomic E-state index is 12.1. The lowest BCUT2D eigenvalue weighted by Crippen LogP contribution is -2.51. The summed E-state index contributed by atoms with van der Waals surface area (Å²) < 4.78 is 35.5. The molecule has 8 nitrogen and oxygen atoms in total. The summed E-state index contributed by atoms with van der Waals surface area (Å²) in [6.07, 6.45) is 4.34. The van der Waals surface area contributed by atoms with Gasteiger partial charge in [-0.05, 0) is 49.3 Å². The van der Waals surface area contributed by atoms with E-state index < -0.39 is 26.2 Å². The van der Waals surface area contributed by atoms with E-state index in [2.05, 4.69) is 60.4 Å². The Morgan fingerprint density at radius 2 is 1.66 bits per heavy atom. The van der Waals surface area contributed by atoms with Crippen LogP contribution in [0.3, 0.4) is 0 Å². The standard InChI is InChI=1S/C35H56O8Si/c1-14-26(40-28-17-15-27(38-10)16-18-28)19-23(2)20-31(39-11)25(4)33(43-44(12,13)34(5,6)7)24(3)30(36)21-29-22-32(37)42-35(8,9)41-29/h14-18,20,22,24-26,30-31,33,36H,1,19,21H2,2-13H3/b23-20+/t24-,25-,26+,30+,31-,33-/m1/s1. The topological polar surface area (TPSA) is 92.7 Å². The molecule has 44 heavy (non-hydrogen) atoms. The van der Waals surface area contributed by atoms with Crippen LogP contribution in [-0.4, -0.2) is 63.8 Å². The normalized spacial score (nSPS) is 19.8. The van der Waals surface area contributed by atoms with Gasteiger partial charge in [-0.25, -0.2) is 4.79 Å². The Morgan fingerprint density at radius 3 is 2.16 bits per heavy atom. The average Bonchev–Trinajstić information content (AvgIpc) is 2.92. The molecule has 0 radical (unpaired) electrons. The molecule has 248 valence electrons. The van der Waals surface area contributed by atoms with E-state index in [9.17, 15) is 9.90 Å². The molecule has 1 heterocycles. The molecule has 0 saturated carbocycles. The number of rotatable bonds is 16. The Hall–Kier alpha value is -2.59. The molecule has 0 aliphatic carbocycles. The van der Waals surface area contributed by atoms with Gasteiger partial charge >= 0.3 is 5.97 Å². The van der Waals surface area contributed by atoms with Crippen molar-refractivity contribution in [2.24, 2.45) is 11.8 Å². The first-order chi connectivity index (χ1) is 20.3. The zero-order chi connectivity index (χ0) is 33.5. The summed E-state index contributed by atoms with van der Waals surface area (Å²) >= 11 is 0. The van der Waals surface area contributed by atoms with Crippen molar-refractivity contribution in [1.29, 1.82) is 0 Å². The van der Waals surface area contributed by atoms with Crippen LogP contribution in [0.2, 0.25) is 18.1 Å². The molecular formula is C35H56O8Si. The molecule has 0 spiro atoms. The summed E-state index contributed by atoms with van der Waals surface area (Å²) in [6, 6.07) is 7.48. The predicted octanol–water partition coefficient (Wildman–Crippen LogP) is 7.59. The summed E-state index contributed by atoms with van der Waals surface area (Å²) in [5, 5.41) is 11.4. The van der Waals surface area contributed by atoms with E-state index in [0.717, 1.165) is 17.1 Å². The van der Waals surface area contributed by atoms with E-state index in [4.69, 9.17) is 28.1 Å². The van der Waals surface area contributed by atoms with E-state index in [-0.39, 0.29) is 41.6 Å². The van der Waals surface area contributed by atoms with E-state index in [1.54, 1.807) is 34.1 Å². The van der Waals surface area contributed by atoms with Crippen LogP contribution in [0.1, 0.15) is 68.2 Å². The average molecular weight is 633 g/mol. The third-order valence-electron chi connectivity index (χ3n) is 8.66. The summed E-state index contributed by atoms with van der Waals surface area (Å²) in [4.78, 5) is 12.1. The number of methoxy groups -OCH3 is 2. The maximum absolute atomic E-state index is 12.1. The molecule has 1 aromatic rings. The van der Waals surface area contributed by atoms with Gasteiger partial charge in [-0.15, -0.1) is 0 Å². The minimum Gasteiger partial charge on any atom is -0.497 e. The fourth-order valence-corrected chi connectivity index (χ4v) is 6.44. The van der Waals surface area contributed by atoms with Crippen molar-refractivity contribution in [3.63, 3.8) is 0 Å². The summed E-state index contributed by atoms with van der Waals surface area (Å²) in [5.74, 6) is -0.0686. The van der Waals surface area contributed by atoms with Gasteiger partial charge in [0, 0.05) is 45.6 Å². The molecule has 0 amide bonds. The SMILES string of the molecule is C=C[C@@H](C/C(C)=C/[C@@H](OC)[C@@H](C)[C@H](O[Si](C)(C)C(C)(C)C)[C@H](C)[C@@H](O)CC1=CC(=O)OC(C)(C)O1)Oc1ccc(OC)cc1. The van der Waals surface area contributed by atoms with Crippen LogP contribution in [0, 0.1) is 11.8 Å². The van der Waals surface area contributed by atoms with Gasteiger partial charge in [0.05, 0.1) is 31.5 Å². The van der Waals surface area contributed by atoms with Gasteiger partial charge in [-0.3, -0.25) is 0 Å². The lowest BCUT2D eigenvalue weighted by Gasteiger charge is -2.45. The van der Waals surface area contributed by atoms with Gasteiger partial charge < -0.3 is 33.2 Å². The van der Waals surface area contributed by atoms with Crippen LogP contribution in [0.25, 0.3) is 0 Å². The van der Waals surface area contributed by atoms with E-state index in [0.29, 0.717) is 12.2 Å². The van der Waals surface area contributed by atoms with E-state index in [1.165, 1.54) is 6.08 Å². The van der Waals surface area contributed by atoms with Crippen LogP contribution < -0.4 is 9.47 Å². The second-order valence-electron chi connectivity index (χ2n) is 13.9. The molecule has 1 aliphatic heterocycles. The van der Waals surface area contributed by atoms with Gasteiger partial charge in [0.25, 0.3) is 0 Å². The molecule has 0 unspecified atom stereocenters. The number of aliphatic hydroxyl groups is 1. The Labute approximate surface area is 266 Å². The van der Waals surface area contributed by atoms with Crippen molar-refractivity contribution in [2.45, 2.75) is 117 Å². The number of ether oxygens (including phenoxy) is 5. The number of cyclic esters (lactones) is 1. The quantitative estimate of drug-likeness (QED) is 0.113. The van der Waals surface area contributed by atoms with Gasteiger partial charge in [0.15, 0.2) is 8.32 Å². The number of hydrogen-bond acceptors (Lipinski definition) is 8. The first-order valence-corrected chi connectivity index (χ1v) is 18.3. The van der Waals surface area contributed by atoms with E-state index in [1.807, 2.05) is 31.2 Å². The van der Waals surface area contributed by atoms with Crippen molar-refractivity contribution < 1.29 is 38.0 Å². The van der Waals surface area contributed by atoms with Gasteiger partial charge in [0.1, 0.15) is 23.4 Å². The Kier molecular flexibility index (Phi) is 13.3. The summed E-state index contributed by atoms with van der Waals surface area (Å²) in [5.41, 5.74) is 1.09. The van der Waals surface area contributed by atoms with Crippen molar-refractivity contribution in [3.8, 4) is 11.5 Å². The zero-order valence-electron chi connectivity index (χ0n) is 28.9. The molecule has 0 saturated heterocycles. The van der Waals surface area contributed by atoms with Crippen LogP contribution in [0.15, 0.2) is 60.4 Å². The molecule has 0 aromatic heterocycles. The third-order valence-corrected chi connectivity index (χ3v) is 13.1. The highest BCUT2D eigenvalue weighted by Crippen LogP contribution is 2.41. The minimum absolute atomic E-state index is 0.0390. The molecule has 9 heteroatoms. The fourth-order valence-electron chi connectivity index (χ4n) is 4.98. The highest BCUT2D eigenvalue weighted by molar-refractivity contribution is 6.74. The molecule has 6 atom stereocenters. The number of carbonyl (C=O) groups excluding carboxylic acids is 1. The van der Waals surface area contributed by atoms with Gasteiger partial charge in [0.2, 0.25) is 5.79 Å². The summed E-state index contributed by atoms with van der Waals surface area (Å²) in [7, 11) is 1.07. The first kappa shape index (κ1) is 37.6. The summed E-state index contributed by atoms with van der Waals surface area (Å²) in [6.45, 7) is 24.5. The molecule has 1 N–H and O–H groups in total. The van der Waals surface area contributed by atoms with Crippen LogP contribution in [0.5, 0.6) is 11.5 Å². The van der Waals surface area contributed by atoms with Crippen molar-refractivity contribution in [3.05, 3.63) is 60.4 Å². The highest BCUT2D eigenvalue weighted by Gasteiger charge is 2.44. The van der Waals surface area contributed by atoms with Crippen LogP contribution in [0.4, 0.5) is 0 Å². The smallest absolute Gasteiger partial charge is 0.337 e. The molecule has 1 aliphatic rings. The maximum Gasteiger partial charge on any atom is 0.337 e. The van der Waals surface area contributed by atoms with Crippen molar-refractivity contribution >= 4 is 14.3 Å². The number of benzene rings is 1. The number of aliphatic hydroxyl groups excluding tert-OH is 1. The number of hydrogen-bond donors (Lipinski definition) is 1. The first-order valence-electron chi connectivity index (χ1n) is 15.4. The monoisotopic (exact) mass is 632 g/mol.